The molecule has 108 valence electrons. The van der Waals surface area contributed by atoms with E-state index in [1.807, 2.05) is 0 Å². The number of hydrogen-bond acceptors (Lipinski definition) is 4. The number of nitrogens with two attached hydrogens (primary N) is 1. The van der Waals surface area contributed by atoms with Crippen LogP contribution in [0.5, 0.6) is 0 Å². The number of carbonyl (C=O) groups is 1. The molecule has 2 aromatic carbocycles. The van der Waals surface area contributed by atoms with E-state index >= 15 is 0 Å². The second kappa shape index (κ2) is 5.53. The molecular weight excluding hydrogens is 284 g/mol. The van der Waals surface area contributed by atoms with Crippen LogP contribution in [0, 0.1) is 21.7 Å². The van der Waals surface area contributed by atoms with E-state index in [2.05, 4.69) is 5.32 Å². The number of nitrogen functional groups attached to an aromatic ring is 1. The topological polar surface area (TPSA) is 98.3 Å². The molecule has 2 rings (SSSR count). The van der Waals surface area contributed by atoms with E-state index in [0.29, 0.717) is 17.8 Å². The summed E-state index contributed by atoms with van der Waals surface area (Å²) in [6.45, 7) is 0. The largest absolute Gasteiger partial charge is 0.399 e. The fourth-order valence-corrected chi connectivity index (χ4v) is 1.65. The summed E-state index contributed by atoms with van der Waals surface area (Å²) in [5, 5.41) is 12.9. The van der Waals surface area contributed by atoms with Crippen molar-refractivity contribution in [3.05, 3.63) is 63.7 Å². The Morgan fingerprint density at radius 3 is 2.38 bits per heavy atom. The minimum atomic E-state index is -1.23. The van der Waals surface area contributed by atoms with Crippen LogP contribution in [-0.2, 0) is 0 Å². The van der Waals surface area contributed by atoms with Crippen molar-refractivity contribution in [3.8, 4) is 0 Å². The molecule has 0 aliphatic carbocycles. The van der Waals surface area contributed by atoms with Crippen LogP contribution < -0.4 is 11.1 Å². The predicted octanol–water partition coefficient (Wildman–Crippen LogP) is 2.71. The average molecular weight is 293 g/mol. The predicted molar refractivity (Wildman–Crippen MR) is 71.8 cm³/mol. The van der Waals surface area contributed by atoms with Crippen molar-refractivity contribution in [3.63, 3.8) is 0 Å². The number of amides is 1. The van der Waals surface area contributed by atoms with Crippen molar-refractivity contribution in [1.82, 2.24) is 0 Å². The monoisotopic (exact) mass is 293 g/mol. The summed E-state index contributed by atoms with van der Waals surface area (Å²) in [6, 6.07) is 6.62. The molecule has 0 aliphatic rings. The lowest BCUT2D eigenvalue weighted by molar-refractivity contribution is -0.384. The van der Waals surface area contributed by atoms with Gasteiger partial charge in [0.15, 0.2) is 11.5 Å². The number of anilines is 2. The first kappa shape index (κ1) is 14.4. The third-order valence-corrected chi connectivity index (χ3v) is 2.64. The number of nitro groups is 1. The summed E-state index contributed by atoms with van der Waals surface area (Å²) in [5.74, 6) is -3.11. The van der Waals surface area contributed by atoms with Crippen LogP contribution in [-0.4, -0.2) is 10.8 Å². The molecule has 0 heterocycles. The Bertz CT molecular complexity index is 717. The molecular formula is C13H9F2N3O3. The molecule has 0 fully saturated rings. The minimum absolute atomic E-state index is 0.127. The average Bonchev–Trinajstić information content (AvgIpc) is 2.41. The van der Waals surface area contributed by atoms with Gasteiger partial charge in [0.1, 0.15) is 5.82 Å². The molecule has 0 spiro atoms. The van der Waals surface area contributed by atoms with E-state index in [1.54, 1.807) is 0 Å². The fraction of sp³-hybridized carbons (Fsp3) is 0. The molecule has 6 nitrogen and oxygen atoms in total. The molecule has 21 heavy (non-hydrogen) atoms. The smallest absolute Gasteiger partial charge is 0.298 e. The SMILES string of the molecule is Nc1ccc(C(=O)Nc2c(F)cc(F)cc2[N+](=O)[O-])cc1. The lowest BCUT2D eigenvalue weighted by Gasteiger charge is -2.07. The van der Waals surface area contributed by atoms with Gasteiger partial charge in [-0.15, -0.1) is 0 Å². The highest BCUT2D eigenvalue weighted by molar-refractivity contribution is 6.05. The second-order valence-electron chi connectivity index (χ2n) is 4.11. The van der Waals surface area contributed by atoms with Gasteiger partial charge in [0.2, 0.25) is 0 Å². The van der Waals surface area contributed by atoms with Crippen LogP contribution in [0.3, 0.4) is 0 Å². The van der Waals surface area contributed by atoms with Gasteiger partial charge in [-0.1, -0.05) is 0 Å². The van der Waals surface area contributed by atoms with Crippen LogP contribution in [0.25, 0.3) is 0 Å². The van der Waals surface area contributed by atoms with Crippen LogP contribution in [0.2, 0.25) is 0 Å². The van der Waals surface area contributed by atoms with E-state index in [4.69, 9.17) is 5.73 Å². The Balaban J connectivity index is 2.37. The molecule has 8 heteroatoms. The first-order valence-corrected chi connectivity index (χ1v) is 5.69. The number of halogens is 2. The van der Waals surface area contributed by atoms with Crippen molar-refractivity contribution in [2.24, 2.45) is 0 Å². The molecule has 0 unspecified atom stereocenters. The Morgan fingerprint density at radius 1 is 1.19 bits per heavy atom. The molecule has 0 aliphatic heterocycles. The molecule has 0 atom stereocenters. The van der Waals surface area contributed by atoms with Crippen molar-refractivity contribution in [1.29, 1.82) is 0 Å². The Kier molecular flexibility index (Phi) is 3.79. The number of rotatable bonds is 3. The summed E-state index contributed by atoms with van der Waals surface area (Å²) in [7, 11) is 0. The highest BCUT2D eigenvalue weighted by Gasteiger charge is 2.22. The Morgan fingerprint density at radius 2 is 1.81 bits per heavy atom. The van der Waals surface area contributed by atoms with E-state index in [1.165, 1.54) is 24.3 Å². The van der Waals surface area contributed by atoms with Gasteiger partial charge in [0.25, 0.3) is 11.6 Å². The number of nitrogens with zero attached hydrogens (tertiary/aromatic N) is 1. The highest BCUT2D eigenvalue weighted by atomic mass is 19.1. The van der Waals surface area contributed by atoms with Crippen LogP contribution in [0.15, 0.2) is 36.4 Å². The second-order valence-corrected chi connectivity index (χ2v) is 4.11. The Labute approximate surface area is 117 Å². The van der Waals surface area contributed by atoms with Gasteiger partial charge in [-0.25, -0.2) is 8.78 Å². The lowest BCUT2D eigenvalue weighted by atomic mass is 10.2. The Hall–Kier alpha value is -3.03. The van der Waals surface area contributed by atoms with Crippen LogP contribution in [0.4, 0.5) is 25.8 Å². The summed E-state index contributed by atoms with van der Waals surface area (Å²) < 4.78 is 26.6. The van der Waals surface area contributed by atoms with Crippen molar-refractivity contribution in [2.75, 3.05) is 11.1 Å². The first-order valence-electron chi connectivity index (χ1n) is 5.69. The van der Waals surface area contributed by atoms with Crippen LogP contribution in [0.1, 0.15) is 10.4 Å². The standard InChI is InChI=1S/C13H9F2N3O3/c14-8-5-10(15)12(11(6-8)18(20)21)17-13(19)7-1-3-9(16)4-2-7/h1-6H,16H2,(H,17,19). The summed E-state index contributed by atoms with van der Waals surface area (Å²) >= 11 is 0. The molecule has 0 bridgehead atoms. The summed E-state index contributed by atoms with van der Waals surface area (Å²) in [4.78, 5) is 21.7. The minimum Gasteiger partial charge on any atom is -0.399 e. The van der Waals surface area contributed by atoms with Gasteiger partial charge in [-0.05, 0) is 24.3 Å². The summed E-state index contributed by atoms with van der Waals surface area (Å²) in [6.07, 6.45) is 0. The third kappa shape index (κ3) is 3.11. The maximum Gasteiger partial charge on any atom is 0.298 e. The van der Waals surface area contributed by atoms with Gasteiger partial charge in [-0.2, -0.15) is 0 Å². The first-order chi connectivity index (χ1) is 9.88. The number of benzene rings is 2. The zero-order chi connectivity index (χ0) is 15.6. The fourth-order valence-electron chi connectivity index (χ4n) is 1.65. The van der Waals surface area contributed by atoms with E-state index < -0.39 is 33.8 Å². The number of nitro benzene ring substituents is 1. The van der Waals surface area contributed by atoms with E-state index in [0.717, 1.165) is 0 Å². The van der Waals surface area contributed by atoms with Crippen molar-refractivity contribution >= 4 is 23.0 Å². The lowest BCUT2D eigenvalue weighted by Crippen LogP contribution is -2.14. The number of nitrogens with one attached hydrogen (secondary N) is 1. The van der Waals surface area contributed by atoms with Gasteiger partial charge in [0.05, 0.1) is 11.0 Å². The van der Waals surface area contributed by atoms with Crippen molar-refractivity contribution in [2.45, 2.75) is 0 Å². The molecule has 0 radical (unpaired) electrons. The molecule has 0 saturated carbocycles. The maximum atomic E-state index is 13.6. The van der Waals surface area contributed by atoms with Gasteiger partial charge >= 0.3 is 0 Å². The van der Waals surface area contributed by atoms with Gasteiger partial charge in [0, 0.05) is 17.3 Å². The quantitative estimate of drug-likeness (QED) is 0.516. The van der Waals surface area contributed by atoms with E-state index in [-0.39, 0.29) is 5.56 Å². The zero-order valence-corrected chi connectivity index (χ0v) is 10.5. The number of hydrogen-bond donors (Lipinski definition) is 2. The van der Waals surface area contributed by atoms with Crippen molar-refractivity contribution < 1.29 is 18.5 Å². The van der Waals surface area contributed by atoms with Gasteiger partial charge < -0.3 is 11.1 Å². The molecule has 2 aromatic rings. The maximum absolute atomic E-state index is 13.6. The molecule has 3 N–H and O–H groups in total. The molecule has 0 aromatic heterocycles. The van der Waals surface area contributed by atoms with E-state index in [9.17, 15) is 23.7 Å². The third-order valence-electron chi connectivity index (χ3n) is 2.64. The highest BCUT2D eigenvalue weighted by Crippen LogP contribution is 2.29. The zero-order valence-electron chi connectivity index (χ0n) is 10.5. The number of carbonyl (C=O) groups excluding carboxylic acids is 1. The molecule has 0 saturated heterocycles. The summed E-state index contributed by atoms with van der Waals surface area (Å²) in [5.41, 5.74) is 4.45. The normalized spacial score (nSPS) is 10.2. The van der Waals surface area contributed by atoms with Crippen LogP contribution >= 0.6 is 0 Å². The van der Waals surface area contributed by atoms with Gasteiger partial charge in [-0.3, -0.25) is 14.9 Å². The molecule has 1 amide bonds.